The molecule has 1 saturated heterocycles. The van der Waals surface area contributed by atoms with Gasteiger partial charge in [0.15, 0.2) is 11.6 Å². The Morgan fingerprint density at radius 2 is 1.59 bits per heavy atom. The summed E-state index contributed by atoms with van der Waals surface area (Å²) in [6.45, 7) is 5.82. The number of rotatable bonds is 18. The van der Waals surface area contributed by atoms with Crippen LogP contribution in [0.25, 0.3) is 0 Å². The number of halogens is 3. The summed E-state index contributed by atoms with van der Waals surface area (Å²) in [4.78, 5) is 40.4. The average Bonchev–Trinajstić information content (AvgIpc) is 3.98. The van der Waals surface area contributed by atoms with Crippen molar-refractivity contribution in [3.8, 4) is 11.5 Å². The Morgan fingerprint density at radius 1 is 0.902 bits per heavy atom. The molecule has 3 aromatic carbocycles. The summed E-state index contributed by atoms with van der Waals surface area (Å²) in [5, 5.41) is 9.43. The van der Waals surface area contributed by atoms with E-state index in [-0.39, 0.29) is 45.4 Å². The van der Waals surface area contributed by atoms with Gasteiger partial charge in [0.25, 0.3) is 11.6 Å². The summed E-state index contributed by atoms with van der Waals surface area (Å²) in [6, 6.07) is 19.1. The molecule has 0 atom stereocenters. The van der Waals surface area contributed by atoms with Gasteiger partial charge in [0, 0.05) is 55.5 Å². The zero-order valence-electron chi connectivity index (χ0n) is 28.4. The van der Waals surface area contributed by atoms with Crippen molar-refractivity contribution in [3.05, 3.63) is 99.1 Å². The van der Waals surface area contributed by atoms with Crippen LogP contribution in [0.4, 0.5) is 14.5 Å². The molecule has 5 rings (SSSR count). The van der Waals surface area contributed by atoms with E-state index in [9.17, 15) is 28.5 Å². The molecule has 0 bridgehead atoms. The number of carbonyl (C=O) groups excluding carboxylic acids is 2. The molecule has 0 aromatic heterocycles. The molecule has 1 aliphatic carbocycles. The number of piperazine rings is 1. The predicted octanol–water partition coefficient (Wildman–Crippen LogP) is 5.02. The number of hydrogen-bond acceptors (Lipinski definition) is 11. The molecular formula is C35H43ClF2N4O9. The fraction of sp³-hybridized carbons (Fsp3) is 0.429. The van der Waals surface area contributed by atoms with Crippen LogP contribution in [-0.2, 0) is 30.4 Å². The van der Waals surface area contributed by atoms with E-state index < -0.39 is 16.7 Å². The second-order valence-corrected chi connectivity index (χ2v) is 11.7. The average molecular weight is 737 g/mol. The number of amides is 1. The van der Waals surface area contributed by atoms with Crippen molar-refractivity contribution >= 4 is 30.2 Å². The second-order valence-electron chi connectivity index (χ2n) is 11.3. The molecule has 51 heavy (non-hydrogen) atoms. The van der Waals surface area contributed by atoms with Gasteiger partial charge >= 0.3 is 0 Å². The van der Waals surface area contributed by atoms with Crippen LogP contribution in [0.15, 0.2) is 66.7 Å². The van der Waals surface area contributed by atoms with Gasteiger partial charge in [0.05, 0.1) is 13.2 Å². The molecule has 3 aromatic rings. The third-order valence-electron chi connectivity index (χ3n) is 7.51. The van der Waals surface area contributed by atoms with Crippen molar-refractivity contribution < 1.29 is 47.2 Å². The quantitative estimate of drug-likeness (QED) is 0.0755. The number of ether oxygens (including phenoxy) is 4. The minimum absolute atomic E-state index is 0.100. The van der Waals surface area contributed by atoms with Gasteiger partial charge in [-0.2, -0.15) is 0 Å². The first kappa shape index (κ1) is 40.7. The predicted molar refractivity (Wildman–Crippen MR) is 185 cm³/mol. The van der Waals surface area contributed by atoms with E-state index in [1.54, 1.807) is 0 Å². The zero-order chi connectivity index (χ0) is 36.8. The highest BCUT2D eigenvalue weighted by Gasteiger charge is 2.28. The van der Waals surface area contributed by atoms with Crippen molar-refractivity contribution in [2.24, 2.45) is 0 Å². The largest absolute Gasteiger partial charge is 0.490 e. The SMILES string of the molecule is CN1CCN(c2ccc(OCCOc3cc(F)ccc3F)cc2)CC1.O=CN(Cc1ccccc1Cl)C1CC1.O=COCCOCCO[N+](=O)[O-]. The Morgan fingerprint density at radius 3 is 2.24 bits per heavy atom. The molecule has 0 radical (unpaired) electrons. The molecule has 1 amide bonds. The van der Waals surface area contributed by atoms with Gasteiger partial charge < -0.3 is 38.5 Å². The Kier molecular flexibility index (Phi) is 18.3. The molecule has 16 heteroatoms. The van der Waals surface area contributed by atoms with Crippen molar-refractivity contribution in [1.29, 1.82) is 0 Å². The first-order valence-electron chi connectivity index (χ1n) is 16.3. The summed E-state index contributed by atoms with van der Waals surface area (Å²) in [5.74, 6) is -0.495. The monoisotopic (exact) mass is 736 g/mol. The van der Waals surface area contributed by atoms with Crippen LogP contribution in [0, 0.1) is 21.7 Å². The molecule has 2 aliphatic rings. The van der Waals surface area contributed by atoms with E-state index in [4.69, 9.17) is 25.8 Å². The maximum atomic E-state index is 13.4. The van der Waals surface area contributed by atoms with Gasteiger partial charge in [-0.1, -0.05) is 29.8 Å². The summed E-state index contributed by atoms with van der Waals surface area (Å²) in [7, 11) is 2.13. The Labute approximate surface area is 300 Å². The standard InChI is InChI=1S/C19H22F2N2O2.C11H12ClNO.C5H9NO6/c1-22-8-10-23(11-9-22)16-3-5-17(6-4-16)24-12-13-25-19-14-15(20)2-7-18(19)21;12-11-4-2-1-3-9(11)7-13(8-14)10-5-6-10;7-5-11-2-1-10-3-4-12-6(8)9/h2-7,14H,8-13H2,1H3;1-4,8,10H,5-7H2;5H,1-4H2. The molecular weight excluding hydrogens is 694 g/mol. The van der Waals surface area contributed by atoms with E-state index in [1.165, 1.54) is 5.69 Å². The number of benzene rings is 3. The Hall–Kier alpha value is -4.73. The van der Waals surface area contributed by atoms with E-state index in [1.807, 2.05) is 53.4 Å². The lowest BCUT2D eigenvalue weighted by molar-refractivity contribution is -0.758. The smallest absolute Gasteiger partial charge is 0.294 e. The summed E-state index contributed by atoms with van der Waals surface area (Å²) in [6.07, 6.45) is 3.17. The number of hydrogen-bond donors (Lipinski definition) is 0. The van der Waals surface area contributed by atoms with Gasteiger partial charge in [-0.05, 0) is 67.9 Å². The first-order chi connectivity index (χ1) is 24.7. The lowest BCUT2D eigenvalue weighted by Crippen LogP contribution is -2.44. The number of carbonyl (C=O) groups is 2. The Bertz CT molecular complexity index is 1480. The molecule has 1 saturated carbocycles. The van der Waals surface area contributed by atoms with Gasteiger partial charge in [0.1, 0.15) is 38.0 Å². The van der Waals surface area contributed by atoms with Crippen molar-refractivity contribution in [2.75, 3.05) is 77.8 Å². The van der Waals surface area contributed by atoms with Crippen LogP contribution in [0.5, 0.6) is 11.5 Å². The van der Waals surface area contributed by atoms with Crippen LogP contribution in [0.2, 0.25) is 5.02 Å². The maximum Gasteiger partial charge on any atom is 0.294 e. The third-order valence-corrected chi connectivity index (χ3v) is 7.88. The summed E-state index contributed by atoms with van der Waals surface area (Å²) >= 11 is 6.01. The molecule has 0 N–H and O–H groups in total. The summed E-state index contributed by atoms with van der Waals surface area (Å²) < 4.78 is 46.3. The minimum atomic E-state index is -0.898. The normalized spacial score (nSPS) is 13.8. The van der Waals surface area contributed by atoms with E-state index in [0.29, 0.717) is 19.1 Å². The van der Waals surface area contributed by atoms with Crippen LogP contribution in [0.1, 0.15) is 18.4 Å². The second kappa shape index (κ2) is 22.9. The van der Waals surface area contributed by atoms with Crippen LogP contribution in [0.3, 0.4) is 0 Å². The molecule has 1 heterocycles. The number of nitrogens with zero attached hydrogens (tertiary/aromatic N) is 4. The topological polar surface area (TPSA) is 133 Å². The van der Waals surface area contributed by atoms with Crippen LogP contribution in [-0.4, -0.2) is 107 Å². The van der Waals surface area contributed by atoms with Gasteiger partial charge in [0.2, 0.25) is 6.41 Å². The molecule has 2 fully saturated rings. The van der Waals surface area contributed by atoms with Crippen molar-refractivity contribution in [2.45, 2.75) is 25.4 Å². The fourth-order valence-electron chi connectivity index (χ4n) is 4.63. The zero-order valence-corrected chi connectivity index (χ0v) is 29.1. The lowest BCUT2D eigenvalue weighted by Gasteiger charge is -2.34. The maximum absolute atomic E-state index is 13.4. The van der Waals surface area contributed by atoms with Gasteiger partial charge in [-0.3, -0.25) is 9.59 Å². The van der Waals surface area contributed by atoms with E-state index in [2.05, 4.69) is 26.4 Å². The van der Waals surface area contributed by atoms with Gasteiger partial charge in [-0.25, -0.2) is 8.78 Å². The third kappa shape index (κ3) is 16.2. The Balaban J connectivity index is 0.000000229. The highest BCUT2D eigenvalue weighted by Crippen LogP contribution is 2.28. The minimum Gasteiger partial charge on any atom is -0.490 e. The highest BCUT2D eigenvalue weighted by atomic mass is 35.5. The van der Waals surface area contributed by atoms with Crippen LogP contribution >= 0.6 is 11.6 Å². The molecule has 278 valence electrons. The van der Waals surface area contributed by atoms with Gasteiger partial charge in [-0.15, -0.1) is 10.1 Å². The first-order valence-corrected chi connectivity index (χ1v) is 16.7. The number of anilines is 1. The molecule has 0 spiro atoms. The van der Waals surface area contributed by atoms with Crippen LogP contribution < -0.4 is 14.4 Å². The van der Waals surface area contributed by atoms with Crippen molar-refractivity contribution in [1.82, 2.24) is 9.80 Å². The summed E-state index contributed by atoms with van der Waals surface area (Å²) in [5.41, 5.74) is 2.20. The molecule has 1 aliphatic heterocycles. The van der Waals surface area contributed by atoms with Crippen molar-refractivity contribution in [3.63, 3.8) is 0 Å². The molecule has 0 unspecified atom stereocenters. The highest BCUT2D eigenvalue weighted by molar-refractivity contribution is 6.31. The fourth-order valence-corrected chi connectivity index (χ4v) is 4.82. The van der Waals surface area contributed by atoms with E-state index >= 15 is 0 Å². The molecule has 13 nitrogen and oxygen atoms in total. The number of likely N-dealkylation sites (N-methyl/N-ethyl adjacent to an activating group) is 1. The van der Waals surface area contributed by atoms with E-state index in [0.717, 1.165) is 80.0 Å². The lowest BCUT2D eigenvalue weighted by atomic mass is 10.2.